The minimum atomic E-state index is 0.351. The summed E-state index contributed by atoms with van der Waals surface area (Å²) >= 11 is 7.09. The van der Waals surface area contributed by atoms with Crippen LogP contribution in [0.15, 0.2) is 51.4 Å². The monoisotopic (exact) mass is 409 g/mol. The SMILES string of the molecule is CCCNC(Cc1ccc(Br)cc1)c1cc(Br)ccc1C. The Bertz CT molecular complexity index is 578. The average Bonchev–Trinajstić information content (AvgIpc) is 2.48. The van der Waals surface area contributed by atoms with Crippen molar-refractivity contribution in [2.45, 2.75) is 32.7 Å². The van der Waals surface area contributed by atoms with Gasteiger partial charge in [0.1, 0.15) is 0 Å². The first-order valence-electron chi connectivity index (χ1n) is 7.34. The molecule has 1 nitrogen and oxygen atoms in total. The van der Waals surface area contributed by atoms with Gasteiger partial charge in [-0.1, -0.05) is 57.0 Å². The molecule has 0 bridgehead atoms. The van der Waals surface area contributed by atoms with Gasteiger partial charge < -0.3 is 5.32 Å². The van der Waals surface area contributed by atoms with E-state index in [2.05, 4.69) is 93.5 Å². The summed E-state index contributed by atoms with van der Waals surface area (Å²) in [6, 6.07) is 15.5. The molecule has 0 heterocycles. The van der Waals surface area contributed by atoms with Gasteiger partial charge in [0, 0.05) is 15.0 Å². The smallest absolute Gasteiger partial charge is 0.0363 e. The van der Waals surface area contributed by atoms with E-state index in [4.69, 9.17) is 0 Å². The van der Waals surface area contributed by atoms with E-state index in [0.717, 1.165) is 28.3 Å². The first-order valence-corrected chi connectivity index (χ1v) is 8.92. The first-order chi connectivity index (χ1) is 10.1. The van der Waals surface area contributed by atoms with E-state index in [0.29, 0.717) is 6.04 Å². The summed E-state index contributed by atoms with van der Waals surface area (Å²) < 4.78 is 2.27. The highest BCUT2D eigenvalue weighted by atomic mass is 79.9. The van der Waals surface area contributed by atoms with Gasteiger partial charge in [0.2, 0.25) is 0 Å². The van der Waals surface area contributed by atoms with Crippen LogP contribution in [0.25, 0.3) is 0 Å². The standard InChI is InChI=1S/C18H21Br2N/c1-3-10-21-18(11-14-5-8-15(19)9-6-14)17-12-16(20)7-4-13(17)2/h4-9,12,18,21H,3,10-11H2,1-2H3. The maximum atomic E-state index is 3.68. The maximum Gasteiger partial charge on any atom is 0.0363 e. The summed E-state index contributed by atoms with van der Waals surface area (Å²) in [6.07, 6.45) is 2.15. The van der Waals surface area contributed by atoms with Gasteiger partial charge in [-0.25, -0.2) is 0 Å². The number of benzene rings is 2. The predicted octanol–water partition coefficient (Wildman–Crippen LogP) is 5.80. The van der Waals surface area contributed by atoms with E-state index >= 15 is 0 Å². The van der Waals surface area contributed by atoms with Crippen LogP contribution < -0.4 is 5.32 Å². The molecule has 0 saturated heterocycles. The van der Waals surface area contributed by atoms with Crippen LogP contribution in [0.3, 0.4) is 0 Å². The van der Waals surface area contributed by atoms with Crippen LogP contribution in [0.2, 0.25) is 0 Å². The Labute approximate surface area is 144 Å². The summed E-state index contributed by atoms with van der Waals surface area (Å²) in [5, 5.41) is 3.68. The third-order valence-electron chi connectivity index (χ3n) is 3.61. The van der Waals surface area contributed by atoms with Gasteiger partial charge in [0.05, 0.1) is 0 Å². The van der Waals surface area contributed by atoms with E-state index < -0.39 is 0 Å². The molecule has 1 N–H and O–H groups in total. The quantitative estimate of drug-likeness (QED) is 0.634. The largest absolute Gasteiger partial charge is 0.310 e. The molecule has 0 amide bonds. The van der Waals surface area contributed by atoms with Gasteiger partial charge in [-0.3, -0.25) is 0 Å². The molecule has 0 spiro atoms. The van der Waals surface area contributed by atoms with Gasteiger partial charge in [0.15, 0.2) is 0 Å². The third-order valence-corrected chi connectivity index (χ3v) is 4.63. The van der Waals surface area contributed by atoms with Crippen LogP contribution in [0.1, 0.15) is 36.1 Å². The minimum absolute atomic E-state index is 0.351. The lowest BCUT2D eigenvalue weighted by molar-refractivity contribution is 0.527. The van der Waals surface area contributed by atoms with Gasteiger partial charge in [-0.05, 0) is 67.3 Å². The van der Waals surface area contributed by atoms with Crippen LogP contribution in [-0.4, -0.2) is 6.54 Å². The van der Waals surface area contributed by atoms with Crippen molar-refractivity contribution in [3.05, 3.63) is 68.1 Å². The third kappa shape index (κ3) is 4.94. The lowest BCUT2D eigenvalue weighted by Gasteiger charge is -2.21. The predicted molar refractivity (Wildman–Crippen MR) is 97.8 cm³/mol. The highest BCUT2D eigenvalue weighted by Crippen LogP contribution is 2.26. The van der Waals surface area contributed by atoms with E-state index in [-0.39, 0.29) is 0 Å². The number of hydrogen-bond donors (Lipinski definition) is 1. The topological polar surface area (TPSA) is 12.0 Å². The van der Waals surface area contributed by atoms with Crippen molar-refractivity contribution < 1.29 is 0 Å². The Hall–Kier alpha value is -0.640. The van der Waals surface area contributed by atoms with Crippen LogP contribution in [0, 0.1) is 6.92 Å². The Balaban J connectivity index is 2.25. The molecule has 21 heavy (non-hydrogen) atoms. The Kier molecular flexibility index (Phi) is 6.46. The molecule has 0 saturated carbocycles. The molecule has 1 unspecified atom stereocenters. The zero-order valence-corrected chi connectivity index (χ0v) is 15.7. The van der Waals surface area contributed by atoms with Gasteiger partial charge in [0.25, 0.3) is 0 Å². The normalized spacial score (nSPS) is 12.4. The number of halogens is 2. The molecule has 3 heteroatoms. The van der Waals surface area contributed by atoms with Crippen molar-refractivity contribution in [1.82, 2.24) is 5.32 Å². The summed E-state index contributed by atoms with van der Waals surface area (Å²) in [5.41, 5.74) is 4.07. The van der Waals surface area contributed by atoms with Gasteiger partial charge in [-0.2, -0.15) is 0 Å². The van der Waals surface area contributed by atoms with Crippen LogP contribution in [-0.2, 0) is 6.42 Å². The second-order valence-corrected chi connectivity index (χ2v) is 7.17. The van der Waals surface area contributed by atoms with Crippen molar-refractivity contribution >= 4 is 31.9 Å². The molecule has 0 fully saturated rings. The molecule has 0 aliphatic heterocycles. The Morgan fingerprint density at radius 3 is 2.33 bits per heavy atom. The fraction of sp³-hybridized carbons (Fsp3) is 0.333. The first kappa shape index (κ1) is 16.7. The lowest BCUT2D eigenvalue weighted by atomic mass is 9.95. The van der Waals surface area contributed by atoms with E-state index in [1.165, 1.54) is 16.7 Å². The van der Waals surface area contributed by atoms with Crippen LogP contribution in [0.5, 0.6) is 0 Å². The fourth-order valence-corrected chi connectivity index (χ4v) is 3.10. The zero-order valence-electron chi connectivity index (χ0n) is 12.5. The van der Waals surface area contributed by atoms with E-state index in [9.17, 15) is 0 Å². The number of aryl methyl sites for hydroxylation is 1. The molecule has 2 aromatic rings. The van der Waals surface area contributed by atoms with Crippen molar-refractivity contribution in [3.8, 4) is 0 Å². The summed E-state index contributed by atoms with van der Waals surface area (Å²) in [7, 11) is 0. The molecule has 2 rings (SSSR count). The van der Waals surface area contributed by atoms with Gasteiger partial charge >= 0.3 is 0 Å². The van der Waals surface area contributed by atoms with E-state index in [1.54, 1.807) is 0 Å². The Morgan fingerprint density at radius 2 is 1.67 bits per heavy atom. The lowest BCUT2D eigenvalue weighted by Crippen LogP contribution is -2.24. The fourth-order valence-electron chi connectivity index (χ4n) is 2.45. The molecule has 0 aromatic heterocycles. The molecular formula is C18H21Br2N. The van der Waals surface area contributed by atoms with Crippen molar-refractivity contribution in [1.29, 1.82) is 0 Å². The van der Waals surface area contributed by atoms with Crippen molar-refractivity contribution in [2.75, 3.05) is 6.54 Å². The molecule has 2 aromatic carbocycles. The molecule has 0 aliphatic carbocycles. The molecule has 1 atom stereocenters. The highest BCUT2D eigenvalue weighted by Gasteiger charge is 2.14. The summed E-state index contributed by atoms with van der Waals surface area (Å²) in [5.74, 6) is 0. The second kappa shape index (κ2) is 8.11. The highest BCUT2D eigenvalue weighted by molar-refractivity contribution is 9.10. The molecule has 0 radical (unpaired) electrons. The number of hydrogen-bond acceptors (Lipinski definition) is 1. The van der Waals surface area contributed by atoms with E-state index in [1.807, 2.05) is 0 Å². The number of nitrogens with one attached hydrogen (secondary N) is 1. The van der Waals surface area contributed by atoms with Crippen LogP contribution in [0.4, 0.5) is 0 Å². The minimum Gasteiger partial charge on any atom is -0.310 e. The number of rotatable bonds is 6. The van der Waals surface area contributed by atoms with Crippen LogP contribution >= 0.6 is 31.9 Å². The summed E-state index contributed by atoms with van der Waals surface area (Å²) in [6.45, 7) is 5.43. The second-order valence-electron chi connectivity index (χ2n) is 5.34. The zero-order chi connectivity index (χ0) is 15.2. The molecular weight excluding hydrogens is 390 g/mol. The summed E-state index contributed by atoms with van der Waals surface area (Å²) in [4.78, 5) is 0. The molecule has 0 aliphatic rings. The molecule has 112 valence electrons. The van der Waals surface area contributed by atoms with Crippen molar-refractivity contribution in [2.24, 2.45) is 0 Å². The van der Waals surface area contributed by atoms with Gasteiger partial charge in [-0.15, -0.1) is 0 Å². The Morgan fingerprint density at radius 1 is 1.00 bits per heavy atom. The average molecular weight is 411 g/mol. The maximum absolute atomic E-state index is 3.68. The van der Waals surface area contributed by atoms with Crippen molar-refractivity contribution in [3.63, 3.8) is 0 Å².